The van der Waals surface area contributed by atoms with Gasteiger partial charge in [0.1, 0.15) is 0 Å². The molecule has 0 aliphatic carbocycles. The third-order valence-corrected chi connectivity index (χ3v) is 5.46. The number of carbonyl (C=O) groups is 1. The van der Waals surface area contributed by atoms with Gasteiger partial charge in [-0.1, -0.05) is 13.3 Å². The molecule has 0 spiro atoms. The zero-order valence-corrected chi connectivity index (χ0v) is 15.3. The molecule has 3 rings (SSSR count). The first-order valence-electron chi connectivity index (χ1n) is 9.32. The zero-order chi connectivity index (χ0) is 18.6. The Balaban J connectivity index is 1.59. The van der Waals surface area contributed by atoms with Crippen LogP contribution in [0.15, 0.2) is 12.4 Å². The molecule has 2 atom stereocenters. The number of ether oxygens (including phenoxy) is 1. The minimum atomic E-state index is -1.01. The van der Waals surface area contributed by atoms with Crippen molar-refractivity contribution in [2.45, 2.75) is 38.8 Å². The highest BCUT2D eigenvalue weighted by Crippen LogP contribution is 2.37. The van der Waals surface area contributed by atoms with Crippen molar-refractivity contribution in [3.05, 3.63) is 18.0 Å². The molecule has 0 aromatic carbocycles. The van der Waals surface area contributed by atoms with Gasteiger partial charge in [0.05, 0.1) is 24.7 Å². The minimum absolute atomic E-state index is 0.359. The summed E-state index contributed by atoms with van der Waals surface area (Å²) in [5.41, 5.74) is -0.0467. The summed E-state index contributed by atoms with van der Waals surface area (Å²) in [5.74, 6) is -0.173. The number of aliphatic hydroxyl groups excluding tert-OH is 1. The maximum Gasteiger partial charge on any atom is 0.312 e. The van der Waals surface area contributed by atoms with Crippen molar-refractivity contribution in [2.24, 2.45) is 5.41 Å². The summed E-state index contributed by atoms with van der Waals surface area (Å²) in [4.78, 5) is 24.8. The molecular formula is C18H28N4O4. The molecule has 1 aromatic heterocycles. The Morgan fingerprint density at radius 2 is 2.00 bits per heavy atom. The first-order chi connectivity index (χ1) is 12.5. The van der Waals surface area contributed by atoms with Crippen molar-refractivity contribution in [1.82, 2.24) is 14.9 Å². The molecule has 0 bridgehead atoms. The number of rotatable bonds is 6. The molecule has 2 aliphatic rings. The maximum absolute atomic E-state index is 11.7. The van der Waals surface area contributed by atoms with Crippen LogP contribution in [-0.4, -0.2) is 76.5 Å². The topological polar surface area (TPSA) is 99.0 Å². The number of nitrogens with zero attached hydrogens (tertiary/aromatic N) is 4. The predicted molar refractivity (Wildman–Crippen MR) is 95.9 cm³/mol. The van der Waals surface area contributed by atoms with E-state index in [0.717, 1.165) is 25.1 Å². The van der Waals surface area contributed by atoms with Gasteiger partial charge in [-0.05, 0) is 19.4 Å². The Morgan fingerprint density at radius 3 is 2.58 bits per heavy atom. The van der Waals surface area contributed by atoms with Crippen LogP contribution in [0.5, 0.6) is 0 Å². The van der Waals surface area contributed by atoms with E-state index < -0.39 is 17.5 Å². The zero-order valence-electron chi connectivity index (χ0n) is 15.3. The number of carboxylic acids is 1. The normalized spacial score (nSPS) is 27.5. The van der Waals surface area contributed by atoms with E-state index in [1.54, 1.807) is 0 Å². The van der Waals surface area contributed by atoms with Crippen LogP contribution >= 0.6 is 0 Å². The van der Waals surface area contributed by atoms with Crippen LogP contribution in [0, 0.1) is 5.41 Å². The predicted octanol–water partition coefficient (Wildman–Crippen LogP) is 0.751. The summed E-state index contributed by atoms with van der Waals surface area (Å²) in [6, 6.07) is 0. The number of hydrogen-bond donors (Lipinski definition) is 2. The summed E-state index contributed by atoms with van der Waals surface area (Å²) in [5, 5.41) is 20.1. The van der Waals surface area contributed by atoms with Gasteiger partial charge in [0.15, 0.2) is 0 Å². The summed E-state index contributed by atoms with van der Waals surface area (Å²) < 4.78 is 5.34. The standard InChI is InChI=1S/C18H28N4O4/c1-2-3-18(16(24)25)4-5-21(13-15(18)23)12-14-10-19-17(20-11-14)22-6-8-26-9-7-22/h10-11,15,23H,2-9,12-13H2,1H3,(H,24,25)/t15-,18-/m0/s1. The van der Waals surface area contributed by atoms with E-state index in [4.69, 9.17) is 4.74 Å². The number of anilines is 1. The van der Waals surface area contributed by atoms with Gasteiger partial charge in [-0.2, -0.15) is 0 Å². The Hall–Kier alpha value is -1.77. The van der Waals surface area contributed by atoms with Crippen LogP contribution in [-0.2, 0) is 16.1 Å². The van der Waals surface area contributed by atoms with Crippen LogP contribution in [0.2, 0.25) is 0 Å². The first kappa shape index (κ1) is 19.0. The van der Waals surface area contributed by atoms with Gasteiger partial charge >= 0.3 is 5.97 Å². The molecule has 2 fully saturated rings. The number of carboxylic acid groups (broad SMARTS) is 1. The second-order valence-corrected chi connectivity index (χ2v) is 7.20. The molecule has 26 heavy (non-hydrogen) atoms. The van der Waals surface area contributed by atoms with Crippen LogP contribution in [0.4, 0.5) is 5.95 Å². The van der Waals surface area contributed by atoms with Crippen LogP contribution in [0.3, 0.4) is 0 Å². The van der Waals surface area contributed by atoms with E-state index in [9.17, 15) is 15.0 Å². The number of piperidine rings is 1. The number of aliphatic hydroxyl groups is 1. The fourth-order valence-electron chi connectivity index (χ4n) is 3.89. The maximum atomic E-state index is 11.7. The second-order valence-electron chi connectivity index (χ2n) is 7.20. The highest BCUT2D eigenvalue weighted by atomic mass is 16.5. The highest BCUT2D eigenvalue weighted by Gasteiger charge is 2.47. The number of morpholine rings is 1. The van der Waals surface area contributed by atoms with Crippen LogP contribution in [0.25, 0.3) is 0 Å². The molecule has 2 aliphatic heterocycles. The quantitative estimate of drug-likeness (QED) is 0.763. The summed E-state index contributed by atoms with van der Waals surface area (Å²) in [6.07, 6.45) is 4.49. The molecule has 0 amide bonds. The molecule has 3 heterocycles. The average molecular weight is 364 g/mol. The molecule has 2 saturated heterocycles. The van der Waals surface area contributed by atoms with E-state index in [1.807, 2.05) is 19.3 Å². The molecule has 1 aromatic rings. The molecule has 8 heteroatoms. The number of hydrogen-bond acceptors (Lipinski definition) is 7. The molecule has 0 unspecified atom stereocenters. The van der Waals surface area contributed by atoms with Gasteiger partial charge in [-0.25, -0.2) is 9.97 Å². The van der Waals surface area contributed by atoms with Crippen molar-refractivity contribution < 1.29 is 19.7 Å². The molecule has 2 N–H and O–H groups in total. The van der Waals surface area contributed by atoms with E-state index in [0.29, 0.717) is 51.6 Å². The van der Waals surface area contributed by atoms with E-state index in [-0.39, 0.29) is 0 Å². The van der Waals surface area contributed by atoms with E-state index in [2.05, 4.69) is 19.8 Å². The fraction of sp³-hybridized carbons (Fsp3) is 0.722. The van der Waals surface area contributed by atoms with Gasteiger partial charge in [-0.15, -0.1) is 0 Å². The van der Waals surface area contributed by atoms with Gasteiger partial charge in [0.25, 0.3) is 0 Å². The Bertz CT molecular complexity index is 606. The van der Waals surface area contributed by atoms with Gasteiger partial charge in [0.2, 0.25) is 5.95 Å². The molecular weight excluding hydrogens is 336 g/mol. The number of β-amino-alcohol motifs (C(OH)–C–C–N with tert-alkyl or cyclic N) is 1. The molecule has 144 valence electrons. The van der Waals surface area contributed by atoms with Crippen LogP contribution < -0.4 is 4.90 Å². The van der Waals surface area contributed by atoms with Gasteiger partial charge in [0, 0.05) is 44.1 Å². The lowest BCUT2D eigenvalue weighted by Gasteiger charge is -2.42. The second kappa shape index (κ2) is 8.28. The van der Waals surface area contributed by atoms with Crippen molar-refractivity contribution in [3.63, 3.8) is 0 Å². The Kier molecular flexibility index (Phi) is 6.05. The van der Waals surface area contributed by atoms with Gasteiger partial charge in [-0.3, -0.25) is 9.69 Å². The van der Waals surface area contributed by atoms with Crippen molar-refractivity contribution in [1.29, 1.82) is 0 Å². The highest BCUT2D eigenvalue weighted by molar-refractivity contribution is 5.75. The molecule has 0 saturated carbocycles. The Labute approximate surface area is 153 Å². The van der Waals surface area contributed by atoms with E-state index in [1.165, 1.54) is 0 Å². The largest absolute Gasteiger partial charge is 0.481 e. The molecule has 8 nitrogen and oxygen atoms in total. The third kappa shape index (κ3) is 3.97. The van der Waals surface area contributed by atoms with Crippen LogP contribution in [0.1, 0.15) is 31.7 Å². The smallest absolute Gasteiger partial charge is 0.312 e. The third-order valence-electron chi connectivity index (χ3n) is 5.46. The summed E-state index contributed by atoms with van der Waals surface area (Å²) >= 11 is 0. The monoisotopic (exact) mass is 364 g/mol. The lowest BCUT2D eigenvalue weighted by molar-refractivity contribution is -0.164. The average Bonchev–Trinajstić information content (AvgIpc) is 2.65. The van der Waals surface area contributed by atoms with Crippen molar-refractivity contribution in [2.75, 3.05) is 44.3 Å². The minimum Gasteiger partial charge on any atom is -0.481 e. The Morgan fingerprint density at radius 1 is 1.31 bits per heavy atom. The number of aromatic nitrogens is 2. The van der Waals surface area contributed by atoms with Crippen molar-refractivity contribution in [3.8, 4) is 0 Å². The fourth-order valence-corrected chi connectivity index (χ4v) is 3.89. The summed E-state index contributed by atoms with van der Waals surface area (Å²) in [6.45, 7) is 6.56. The SMILES string of the molecule is CCC[C@]1(C(=O)O)CCN(Cc2cnc(N3CCOCC3)nc2)C[C@@H]1O. The van der Waals surface area contributed by atoms with E-state index >= 15 is 0 Å². The number of aliphatic carboxylic acids is 1. The number of likely N-dealkylation sites (tertiary alicyclic amines) is 1. The van der Waals surface area contributed by atoms with Crippen molar-refractivity contribution >= 4 is 11.9 Å². The lowest BCUT2D eigenvalue weighted by atomic mass is 9.73. The summed E-state index contributed by atoms with van der Waals surface area (Å²) in [7, 11) is 0. The first-order valence-corrected chi connectivity index (χ1v) is 9.32. The molecule has 0 radical (unpaired) electrons. The van der Waals surface area contributed by atoms with Gasteiger partial charge < -0.3 is 19.8 Å². The lowest BCUT2D eigenvalue weighted by Crippen LogP contribution is -2.54.